The van der Waals surface area contributed by atoms with Gasteiger partial charge in [-0.1, -0.05) is 6.92 Å². The molecule has 0 saturated heterocycles. The molecule has 21 heavy (non-hydrogen) atoms. The summed E-state index contributed by atoms with van der Waals surface area (Å²) in [5, 5.41) is -0.209. The van der Waals surface area contributed by atoms with E-state index in [2.05, 4.69) is 16.5 Å². The highest BCUT2D eigenvalue weighted by Gasteiger charge is 2.41. The fraction of sp³-hybridized carbons (Fsp3) is 0.562. The van der Waals surface area contributed by atoms with E-state index >= 15 is 0 Å². The van der Waals surface area contributed by atoms with E-state index in [1.54, 1.807) is 6.07 Å². The molecule has 114 valence electrons. The zero-order valence-electron chi connectivity index (χ0n) is 12.6. The van der Waals surface area contributed by atoms with E-state index in [9.17, 15) is 4.39 Å². The van der Waals surface area contributed by atoms with Crippen LogP contribution in [-0.4, -0.2) is 16.7 Å². The van der Waals surface area contributed by atoms with Crippen molar-refractivity contribution in [1.82, 2.24) is 9.55 Å². The summed E-state index contributed by atoms with van der Waals surface area (Å²) in [6.45, 7) is 5.01. The number of aromatic nitrogens is 2. The summed E-state index contributed by atoms with van der Waals surface area (Å²) in [4.78, 5) is 4.53. The van der Waals surface area contributed by atoms with Crippen molar-refractivity contribution >= 4 is 22.6 Å². The van der Waals surface area contributed by atoms with Crippen LogP contribution in [0.3, 0.4) is 0 Å². The summed E-state index contributed by atoms with van der Waals surface area (Å²) in [7, 11) is 1.48. The first kappa shape index (κ1) is 14.6. The van der Waals surface area contributed by atoms with E-state index in [1.165, 1.54) is 26.0 Å². The van der Waals surface area contributed by atoms with Crippen LogP contribution in [-0.2, 0) is 6.54 Å². The van der Waals surface area contributed by atoms with Crippen molar-refractivity contribution in [1.29, 1.82) is 0 Å². The fourth-order valence-corrected chi connectivity index (χ4v) is 3.07. The van der Waals surface area contributed by atoms with E-state index in [-0.39, 0.29) is 16.9 Å². The second kappa shape index (κ2) is 5.16. The number of hydrogen-bond donors (Lipinski definition) is 0. The van der Waals surface area contributed by atoms with Gasteiger partial charge in [-0.15, -0.1) is 11.6 Å². The van der Waals surface area contributed by atoms with Crippen molar-refractivity contribution in [2.45, 2.75) is 45.0 Å². The summed E-state index contributed by atoms with van der Waals surface area (Å²) in [6.07, 6.45) is 3.61. The first-order chi connectivity index (χ1) is 9.99. The third-order valence-corrected chi connectivity index (χ3v) is 4.80. The molecule has 5 heteroatoms. The molecule has 0 spiro atoms. The van der Waals surface area contributed by atoms with Gasteiger partial charge >= 0.3 is 0 Å². The molecule has 0 amide bonds. The molecule has 1 aliphatic carbocycles. The molecule has 0 radical (unpaired) electrons. The van der Waals surface area contributed by atoms with Crippen LogP contribution in [0.1, 0.15) is 44.3 Å². The molecular weight excluding hydrogens is 291 g/mol. The highest BCUT2D eigenvalue weighted by Crippen LogP contribution is 2.51. The molecule has 3 rings (SSSR count). The Kier molecular flexibility index (Phi) is 3.60. The van der Waals surface area contributed by atoms with Crippen LogP contribution < -0.4 is 4.74 Å². The Bertz CT molecular complexity index is 676. The Hall–Kier alpha value is -1.29. The predicted molar refractivity (Wildman–Crippen MR) is 82.5 cm³/mol. The van der Waals surface area contributed by atoms with Gasteiger partial charge in [0.2, 0.25) is 0 Å². The van der Waals surface area contributed by atoms with Crippen LogP contribution >= 0.6 is 11.6 Å². The molecular formula is C16H20ClFN2O. The molecule has 1 aliphatic rings. The average Bonchev–Trinajstić information content (AvgIpc) is 3.15. The Morgan fingerprint density at radius 2 is 2.19 bits per heavy atom. The topological polar surface area (TPSA) is 27.1 Å². The minimum atomic E-state index is -0.389. The van der Waals surface area contributed by atoms with Gasteiger partial charge in [0.25, 0.3) is 0 Å². The summed E-state index contributed by atoms with van der Waals surface area (Å²) in [6, 6.07) is 3.16. The van der Waals surface area contributed by atoms with Gasteiger partial charge in [0.05, 0.1) is 23.5 Å². The summed E-state index contributed by atoms with van der Waals surface area (Å²) < 4.78 is 21.1. The number of methoxy groups -OCH3 is 1. The zero-order valence-corrected chi connectivity index (χ0v) is 13.4. The molecule has 0 aliphatic heterocycles. The van der Waals surface area contributed by atoms with Crippen LogP contribution in [0, 0.1) is 11.2 Å². The summed E-state index contributed by atoms with van der Waals surface area (Å²) in [5.74, 6) is 0.665. The van der Waals surface area contributed by atoms with Gasteiger partial charge in [-0.3, -0.25) is 0 Å². The lowest BCUT2D eigenvalue weighted by Gasteiger charge is -2.17. The first-order valence-electron chi connectivity index (χ1n) is 7.37. The highest BCUT2D eigenvalue weighted by molar-refractivity contribution is 6.20. The first-order valence-corrected chi connectivity index (χ1v) is 7.81. The lowest BCUT2D eigenvalue weighted by molar-refractivity contribution is 0.386. The minimum Gasteiger partial charge on any atom is -0.494 e. The van der Waals surface area contributed by atoms with Crippen molar-refractivity contribution in [3.05, 3.63) is 23.8 Å². The molecule has 1 fully saturated rings. The third-order valence-electron chi connectivity index (χ3n) is 4.61. The van der Waals surface area contributed by atoms with Crippen molar-refractivity contribution in [3.63, 3.8) is 0 Å². The molecule has 0 bridgehead atoms. The molecule has 3 nitrogen and oxygen atoms in total. The van der Waals surface area contributed by atoms with Gasteiger partial charge in [0, 0.05) is 18.7 Å². The van der Waals surface area contributed by atoms with Crippen LogP contribution in [0.5, 0.6) is 5.75 Å². The Labute approximate surface area is 129 Å². The lowest BCUT2D eigenvalue weighted by atomic mass is 10.0. The number of fused-ring (bicyclic) bond motifs is 1. The summed E-state index contributed by atoms with van der Waals surface area (Å²) >= 11 is 6.28. The second-order valence-electron chi connectivity index (χ2n) is 6.00. The molecule has 2 aromatic rings. The Balaban J connectivity index is 2.15. The van der Waals surface area contributed by atoms with Gasteiger partial charge in [-0.25, -0.2) is 9.37 Å². The lowest BCUT2D eigenvalue weighted by Crippen LogP contribution is -2.14. The van der Waals surface area contributed by atoms with E-state index in [0.29, 0.717) is 10.9 Å². The number of benzene rings is 1. The number of rotatable bonds is 5. The third kappa shape index (κ3) is 2.50. The largest absolute Gasteiger partial charge is 0.494 e. The molecule has 1 aromatic heterocycles. The van der Waals surface area contributed by atoms with Gasteiger partial charge < -0.3 is 9.30 Å². The number of ether oxygens (including phenoxy) is 1. The molecule has 0 N–H and O–H groups in total. The van der Waals surface area contributed by atoms with Crippen LogP contribution in [0.15, 0.2) is 12.1 Å². The minimum absolute atomic E-state index is 0.209. The molecule has 1 saturated carbocycles. The van der Waals surface area contributed by atoms with Crippen molar-refractivity contribution in [3.8, 4) is 5.75 Å². The molecule has 1 atom stereocenters. The second-order valence-corrected chi connectivity index (χ2v) is 6.66. The molecule has 1 heterocycles. The maximum Gasteiger partial charge on any atom is 0.167 e. The quantitative estimate of drug-likeness (QED) is 0.750. The van der Waals surface area contributed by atoms with E-state index in [1.807, 2.05) is 6.92 Å². The van der Waals surface area contributed by atoms with Crippen LogP contribution in [0.25, 0.3) is 11.0 Å². The smallest absolute Gasteiger partial charge is 0.167 e. The van der Waals surface area contributed by atoms with E-state index in [4.69, 9.17) is 16.3 Å². The number of nitrogens with zero attached hydrogens (tertiary/aromatic N) is 2. The van der Waals surface area contributed by atoms with Gasteiger partial charge in [-0.05, 0) is 31.6 Å². The van der Waals surface area contributed by atoms with Gasteiger partial charge in [0.1, 0.15) is 5.82 Å². The van der Waals surface area contributed by atoms with E-state index in [0.717, 1.165) is 24.3 Å². The maximum absolute atomic E-state index is 13.9. The molecule has 1 aromatic carbocycles. The summed E-state index contributed by atoms with van der Waals surface area (Å²) in [5.41, 5.74) is 1.90. The number of alkyl halides is 1. The van der Waals surface area contributed by atoms with Crippen LogP contribution in [0.4, 0.5) is 4.39 Å². The van der Waals surface area contributed by atoms with Gasteiger partial charge in [-0.2, -0.15) is 0 Å². The highest BCUT2D eigenvalue weighted by atomic mass is 35.5. The monoisotopic (exact) mass is 310 g/mol. The predicted octanol–water partition coefficient (Wildman–Crippen LogP) is 4.67. The standard InChI is InChI=1S/C16H20ClFN2O/c1-4-16(5-6-16)9-20-13-8-14(21-3)11(18)7-12(13)19-15(20)10(2)17/h7-8,10H,4-6,9H2,1-3H3. The number of hydrogen-bond acceptors (Lipinski definition) is 2. The normalized spacial score (nSPS) is 18.0. The van der Waals surface area contributed by atoms with Crippen molar-refractivity contribution in [2.24, 2.45) is 5.41 Å². The fourth-order valence-electron chi connectivity index (χ4n) is 2.91. The number of imidazole rings is 1. The SMILES string of the molecule is CCC1(Cn2c(C(C)Cl)nc3cc(F)c(OC)cc32)CC1. The maximum atomic E-state index is 13.9. The van der Waals surface area contributed by atoms with Crippen molar-refractivity contribution < 1.29 is 9.13 Å². The molecule has 1 unspecified atom stereocenters. The Morgan fingerprint density at radius 3 is 2.71 bits per heavy atom. The van der Waals surface area contributed by atoms with Crippen LogP contribution in [0.2, 0.25) is 0 Å². The van der Waals surface area contributed by atoms with E-state index < -0.39 is 0 Å². The average molecular weight is 311 g/mol. The number of halogens is 2. The van der Waals surface area contributed by atoms with Crippen molar-refractivity contribution in [2.75, 3.05) is 7.11 Å². The van der Waals surface area contributed by atoms with Gasteiger partial charge in [0.15, 0.2) is 11.6 Å². The Morgan fingerprint density at radius 1 is 1.48 bits per heavy atom. The zero-order chi connectivity index (χ0) is 15.2.